The molecule has 0 fully saturated rings. The molecular formula is C21H27N3O2. The minimum Gasteiger partial charge on any atom is -0.493 e. The molecule has 0 saturated heterocycles. The van der Waals surface area contributed by atoms with Gasteiger partial charge in [-0.1, -0.05) is 0 Å². The van der Waals surface area contributed by atoms with E-state index in [-0.39, 0.29) is 5.54 Å². The number of hydrogen-bond donors (Lipinski definition) is 1. The summed E-state index contributed by atoms with van der Waals surface area (Å²) in [4.78, 5) is 4.92. The van der Waals surface area contributed by atoms with Crippen molar-refractivity contribution in [1.29, 1.82) is 0 Å². The number of fused-ring (bicyclic) bond motifs is 1. The lowest BCUT2D eigenvalue weighted by Crippen LogP contribution is -2.27. The maximum absolute atomic E-state index is 5.48. The number of anilines is 1. The van der Waals surface area contributed by atoms with Gasteiger partial charge in [0.15, 0.2) is 11.5 Å². The molecule has 5 nitrogen and oxygen atoms in total. The predicted octanol–water partition coefficient (Wildman–Crippen LogP) is 4.85. The highest BCUT2D eigenvalue weighted by molar-refractivity contribution is 5.79. The minimum absolute atomic E-state index is 0.0986. The van der Waals surface area contributed by atoms with Crippen LogP contribution in [-0.4, -0.2) is 29.1 Å². The SMILES string of the molecule is COc1ccc(-c2nc3cc(C)cc(C)n3c2NC(C)(C)C)cc1OC. The van der Waals surface area contributed by atoms with E-state index in [4.69, 9.17) is 14.5 Å². The second-order valence-electron chi connectivity index (χ2n) is 7.62. The first-order valence-electron chi connectivity index (χ1n) is 8.74. The largest absolute Gasteiger partial charge is 0.493 e. The fraction of sp³-hybridized carbons (Fsp3) is 0.381. The topological polar surface area (TPSA) is 47.8 Å². The third-order valence-corrected chi connectivity index (χ3v) is 4.20. The maximum atomic E-state index is 5.48. The number of aryl methyl sites for hydroxylation is 2. The predicted molar refractivity (Wildman–Crippen MR) is 107 cm³/mol. The van der Waals surface area contributed by atoms with Crippen molar-refractivity contribution < 1.29 is 9.47 Å². The van der Waals surface area contributed by atoms with E-state index >= 15 is 0 Å². The molecule has 0 unspecified atom stereocenters. The maximum Gasteiger partial charge on any atom is 0.161 e. The van der Waals surface area contributed by atoms with Crippen LogP contribution in [0.15, 0.2) is 30.3 Å². The lowest BCUT2D eigenvalue weighted by molar-refractivity contribution is 0.355. The van der Waals surface area contributed by atoms with Crippen molar-refractivity contribution >= 4 is 11.5 Å². The Labute approximate surface area is 155 Å². The molecule has 0 aliphatic rings. The summed E-state index contributed by atoms with van der Waals surface area (Å²) in [5.41, 5.74) is 5.05. The first-order valence-corrected chi connectivity index (χ1v) is 8.74. The van der Waals surface area contributed by atoms with E-state index in [1.54, 1.807) is 14.2 Å². The molecule has 3 aromatic rings. The number of ether oxygens (including phenoxy) is 2. The van der Waals surface area contributed by atoms with E-state index in [0.29, 0.717) is 11.5 Å². The molecule has 0 amide bonds. The molecule has 3 rings (SSSR count). The molecule has 0 atom stereocenters. The smallest absolute Gasteiger partial charge is 0.161 e. The van der Waals surface area contributed by atoms with Crippen molar-refractivity contribution in [3.63, 3.8) is 0 Å². The molecule has 26 heavy (non-hydrogen) atoms. The zero-order chi connectivity index (χ0) is 19.1. The summed E-state index contributed by atoms with van der Waals surface area (Å²) in [6.45, 7) is 10.6. The number of rotatable bonds is 4. The van der Waals surface area contributed by atoms with Gasteiger partial charge in [-0.15, -0.1) is 0 Å². The highest BCUT2D eigenvalue weighted by Crippen LogP contribution is 2.37. The van der Waals surface area contributed by atoms with E-state index in [0.717, 1.165) is 28.4 Å². The van der Waals surface area contributed by atoms with Crippen LogP contribution >= 0.6 is 0 Å². The fourth-order valence-electron chi connectivity index (χ4n) is 3.19. The highest BCUT2D eigenvalue weighted by atomic mass is 16.5. The summed E-state index contributed by atoms with van der Waals surface area (Å²) in [5, 5.41) is 3.63. The third kappa shape index (κ3) is 3.34. The fourth-order valence-corrected chi connectivity index (χ4v) is 3.19. The number of aromatic nitrogens is 2. The number of nitrogens with one attached hydrogen (secondary N) is 1. The second-order valence-corrected chi connectivity index (χ2v) is 7.62. The van der Waals surface area contributed by atoms with E-state index < -0.39 is 0 Å². The van der Waals surface area contributed by atoms with Crippen LogP contribution in [0.5, 0.6) is 11.5 Å². The molecule has 0 radical (unpaired) electrons. The summed E-state index contributed by atoms with van der Waals surface area (Å²) in [5.74, 6) is 2.38. The van der Waals surface area contributed by atoms with Gasteiger partial charge in [-0.05, 0) is 70.5 Å². The van der Waals surface area contributed by atoms with Gasteiger partial charge in [0.2, 0.25) is 0 Å². The Hall–Kier alpha value is -2.69. The average Bonchev–Trinajstić information content (AvgIpc) is 2.90. The molecule has 5 heteroatoms. The Kier molecular flexibility index (Phi) is 4.57. The monoisotopic (exact) mass is 353 g/mol. The van der Waals surface area contributed by atoms with Gasteiger partial charge in [0.1, 0.15) is 17.2 Å². The average molecular weight is 353 g/mol. The molecule has 0 aliphatic heterocycles. The molecule has 0 spiro atoms. The number of nitrogens with zero attached hydrogens (tertiary/aromatic N) is 2. The molecule has 0 aliphatic carbocycles. The molecule has 2 heterocycles. The van der Waals surface area contributed by atoms with Crippen molar-refractivity contribution in [2.24, 2.45) is 0 Å². The number of hydrogen-bond acceptors (Lipinski definition) is 4. The van der Waals surface area contributed by atoms with Crippen LogP contribution in [-0.2, 0) is 0 Å². The number of benzene rings is 1. The van der Waals surface area contributed by atoms with Gasteiger partial charge < -0.3 is 14.8 Å². The second kappa shape index (κ2) is 6.56. The molecule has 2 aromatic heterocycles. The van der Waals surface area contributed by atoms with Crippen LogP contribution in [0.1, 0.15) is 32.0 Å². The standard InChI is InChI=1S/C21H27N3O2/c1-13-10-14(2)24-18(11-13)22-19(20(24)23-21(3,4)5)15-8-9-16(25-6)17(12-15)26-7/h8-12,23H,1-7H3. The van der Waals surface area contributed by atoms with Gasteiger partial charge in [0.25, 0.3) is 0 Å². The Morgan fingerprint density at radius 2 is 1.65 bits per heavy atom. The lowest BCUT2D eigenvalue weighted by Gasteiger charge is -2.23. The van der Waals surface area contributed by atoms with Gasteiger partial charge in [0, 0.05) is 16.8 Å². The Morgan fingerprint density at radius 3 is 2.27 bits per heavy atom. The molecule has 0 saturated carbocycles. The van der Waals surface area contributed by atoms with Crippen molar-refractivity contribution in [2.45, 2.75) is 40.2 Å². The quantitative estimate of drug-likeness (QED) is 0.729. The number of imidazole rings is 1. The van der Waals surface area contributed by atoms with Gasteiger partial charge in [-0.25, -0.2) is 4.98 Å². The summed E-state index contributed by atoms with van der Waals surface area (Å²) < 4.78 is 13.0. The Morgan fingerprint density at radius 1 is 0.962 bits per heavy atom. The van der Waals surface area contributed by atoms with Gasteiger partial charge in [-0.2, -0.15) is 0 Å². The summed E-state index contributed by atoms with van der Waals surface area (Å²) in [7, 11) is 3.29. The van der Waals surface area contributed by atoms with Crippen LogP contribution in [0, 0.1) is 13.8 Å². The summed E-state index contributed by atoms with van der Waals surface area (Å²) >= 11 is 0. The van der Waals surface area contributed by atoms with Crippen molar-refractivity contribution in [3.05, 3.63) is 41.6 Å². The van der Waals surface area contributed by atoms with E-state index in [2.05, 4.69) is 56.5 Å². The summed E-state index contributed by atoms with van der Waals surface area (Å²) in [6.07, 6.45) is 0. The zero-order valence-electron chi connectivity index (χ0n) is 16.6. The highest BCUT2D eigenvalue weighted by Gasteiger charge is 2.21. The summed E-state index contributed by atoms with van der Waals surface area (Å²) in [6, 6.07) is 10.2. The van der Waals surface area contributed by atoms with E-state index in [1.807, 2.05) is 18.2 Å². The van der Waals surface area contributed by atoms with Crippen LogP contribution < -0.4 is 14.8 Å². The van der Waals surface area contributed by atoms with Crippen LogP contribution in [0.3, 0.4) is 0 Å². The molecule has 1 aromatic carbocycles. The first-order chi connectivity index (χ1) is 12.2. The third-order valence-electron chi connectivity index (χ3n) is 4.20. The molecule has 138 valence electrons. The molecular weight excluding hydrogens is 326 g/mol. The van der Waals surface area contributed by atoms with Crippen molar-refractivity contribution in [3.8, 4) is 22.8 Å². The van der Waals surface area contributed by atoms with Gasteiger partial charge in [-0.3, -0.25) is 4.40 Å². The van der Waals surface area contributed by atoms with Gasteiger partial charge >= 0.3 is 0 Å². The normalized spacial score (nSPS) is 11.7. The number of pyridine rings is 1. The Bertz CT molecular complexity index is 952. The van der Waals surface area contributed by atoms with Crippen LogP contribution in [0.2, 0.25) is 0 Å². The van der Waals surface area contributed by atoms with E-state index in [9.17, 15) is 0 Å². The Balaban J connectivity index is 2.28. The lowest BCUT2D eigenvalue weighted by atomic mass is 10.1. The van der Waals surface area contributed by atoms with Crippen LogP contribution in [0.4, 0.5) is 5.82 Å². The molecule has 1 N–H and O–H groups in total. The van der Waals surface area contributed by atoms with E-state index in [1.165, 1.54) is 5.56 Å². The minimum atomic E-state index is -0.0986. The van der Waals surface area contributed by atoms with Crippen molar-refractivity contribution in [1.82, 2.24) is 9.38 Å². The first kappa shape index (κ1) is 18.1. The van der Waals surface area contributed by atoms with Crippen molar-refractivity contribution in [2.75, 3.05) is 19.5 Å². The van der Waals surface area contributed by atoms with Crippen LogP contribution in [0.25, 0.3) is 16.9 Å². The number of methoxy groups -OCH3 is 2. The molecule has 0 bridgehead atoms. The van der Waals surface area contributed by atoms with Gasteiger partial charge in [0.05, 0.1) is 14.2 Å². The zero-order valence-corrected chi connectivity index (χ0v) is 16.6.